The van der Waals surface area contributed by atoms with E-state index in [1.54, 1.807) is 12.1 Å². The summed E-state index contributed by atoms with van der Waals surface area (Å²) in [4.78, 5) is 61.8. The average Bonchev–Trinajstić information content (AvgIpc) is 3.45. The zero-order chi connectivity index (χ0) is 37.8. The van der Waals surface area contributed by atoms with Crippen molar-refractivity contribution in [3.63, 3.8) is 0 Å². The van der Waals surface area contributed by atoms with E-state index in [2.05, 4.69) is 53.4 Å². The van der Waals surface area contributed by atoms with E-state index < -0.39 is 23.8 Å². The highest BCUT2D eigenvalue weighted by Gasteiger charge is 2.45. The van der Waals surface area contributed by atoms with Gasteiger partial charge in [0.2, 0.25) is 11.8 Å². The summed E-state index contributed by atoms with van der Waals surface area (Å²) in [6, 6.07) is 14.7. The van der Waals surface area contributed by atoms with Crippen LogP contribution in [0.1, 0.15) is 66.2 Å². The van der Waals surface area contributed by atoms with Crippen LogP contribution in [0.3, 0.4) is 0 Å². The lowest BCUT2D eigenvalue weighted by Gasteiger charge is -2.47. The number of anilines is 3. The van der Waals surface area contributed by atoms with Crippen molar-refractivity contribution in [1.29, 1.82) is 0 Å². The number of benzene rings is 2. The minimum absolute atomic E-state index is 0.106. The minimum atomic E-state index is -0.955. The number of carbonyl (C=O) groups is 4. The van der Waals surface area contributed by atoms with Gasteiger partial charge in [-0.25, -0.2) is 0 Å². The summed E-state index contributed by atoms with van der Waals surface area (Å²) >= 11 is 0. The highest BCUT2D eigenvalue weighted by Crippen LogP contribution is 2.37. The minimum Gasteiger partial charge on any atom is -0.507 e. The molecule has 0 saturated carbocycles. The molecule has 4 fully saturated rings. The number of hydrogen-bond acceptors (Lipinski definition) is 12. The van der Waals surface area contributed by atoms with Crippen molar-refractivity contribution in [1.82, 2.24) is 30.2 Å². The van der Waals surface area contributed by atoms with Gasteiger partial charge in [-0.3, -0.25) is 34.3 Å². The fraction of sp³-hybridized carbons (Fsp3) is 0.512. The number of piperazine rings is 1. The molecule has 55 heavy (non-hydrogen) atoms. The third-order valence-corrected chi connectivity index (χ3v) is 13.1. The number of aromatic nitrogens is 2. The summed E-state index contributed by atoms with van der Waals surface area (Å²) in [5, 5.41) is 25.0. The van der Waals surface area contributed by atoms with Crippen molar-refractivity contribution in [2.24, 2.45) is 11.8 Å². The summed E-state index contributed by atoms with van der Waals surface area (Å²) in [5.74, 6) is 0.417. The predicted octanol–water partition coefficient (Wildman–Crippen LogP) is 3.18. The molecule has 3 atom stereocenters. The number of rotatable bonds is 7. The van der Waals surface area contributed by atoms with Gasteiger partial charge in [-0.05, 0) is 100 Å². The highest BCUT2D eigenvalue weighted by molar-refractivity contribution is 6.23. The number of hydrogen-bond donors (Lipinski definition) is 3. The van der Waals surface area contributed by atoms with E-state index in [-0.39, 0.29) is 24.5 Å². The Balaban J connectivity index is 0.746. The molecule has 14 nitrogen and oxygen atoms in total. The van der Waals surface area contributed by atoms with Gasteiger partial charge in [-0.1, -0.05) is 12.1 Å². The Kier molecular flexibility index (Phi) is 9.41. The lowest BCUT2D eigenvalue weighted by atomic mass is 9.86. The molecule has 0 aliphatic carbocycles. The first-order chi connectivity index (χ1) is 26.7. The van der Waals surface area contributed by atoms with Crippen LogP contribution in [0.25, 0.3) is 11.3 Å². The van der Waals surface area contributed by atoms with Crippen molar-refractivity contribution < 1.29 is 24.3 Å². The monoisotopic (exact) mass is 747 g/mol. The number of nitrogens with one attached hydrogen (secondary N) is 2. The standard InChI is InChI=1S/C41H49N9O5/c1-25(27-12-16-48(17-13-27)28-6-7-30-32(20-28)41(55)50(40(30)54)34-8-9-37(52)43-39(34)53)47-14-10-26(11-15-47)23-46-18-19-49-29(24-46)22-42-38-35(49)21-33(44-45-38)31-4-2-3-5-36(31)51/h2-7,20-21,25-27,29,34,51H,8-19,22-24H2,1H3,(H,42,45)(H,43,52,53)/t25?,29-,34?/m0/s1. The SMILES string of the molecule is CC(C1CCN(c2ccc3c(c2)C(=O)N(C2CCC(=O)NC2=O)C3=O)CC1)N1CCC(CN2CCN3c4cc(-c5ccccc5O)nnc4NC[C@H]3C2)CC1. The number of likely N-dealkylation sites (tertiary alicyclic amines) is 1. The predicted molar refractivity (Wildman–Crippen MR) is 207 cm³/mol. The first-order valence-corrected chi connectivity index (χ1v) is 20.0. The van der Waals surface area contributed by atoms with Gasteiger partial charge in [0.05, 0.1) is 28.6 Å². The van der Waals surface area contributed by atoms with E-state index in [0.29, 0.717) is 46.3 Å². The number of aromatic hydroxyl groups is 1. The van der Waals surface area contributed by atoms with Crippen molar-refractivity contribution >= 4 is 40.8 Å². The molecule has 2 unspecified atom stereocenters. The molecule has 0 radical (unpaired) electrons. The van der Waals surface area contributed by atoms with Crippen LogP contribution in [0.4, 0.5) is 17.2 Å². The van der Waals surface area contributed by atoms with Gasteiger partial charge in [-0.2, -0.15) is 0 Å². The van der Waals surface area contributed by atoms with E-state index in [9.17, 15) is 24.3 Å². The van der Waals surface area contributed by atoms with Crippen molar-refractivity contribution in [2.75, 3.05) is 74.0 Å². The number of carbonyl (C=O) groups excluding carboxylic acids is 4. The maximum Gasteiger partial charge on any atom is 0.262 e. The number of amides is 4. The molecule has 1 aromatic heterocycles. The molecule has 6 aliphatic rings. The Labute approximate surface area is 320 Å². The number of fused-ring (bicyclic) bond motifs is 4. The topological polar surface area (TPSA) is 155 Å². The molecule has 0 bridgehead atoms. The summed E-state index contributed by atoms with van der Waals surface area (Å²) in [6.45, 7) is 11.4. The smallest absolute Gasteiger partial charge is 0.262 e. The van der Waals surface area contributed by atoms with Gasteiger partial charge < -0.3 is 25.1 Å². The fourth-order valence-corrected chi connectivity index (χ4v) is 9.84. The van der Waals surface area contributed by atoms with Gasteiger partial charge >= 0.3 is 0 Å². The molecule has 4 amide bonds. The quantitative estimate of drug-likeness (QED) is 0.304. The lowest BCUT2D eigenvalue weighted by Crippen LogP contribution is -2.58. The molecule has 4 saturated heterocycles. The number of imide groups is 2. The van der Waals surface area contributed by atoms with Crippen LogP contribution in [-0.2, 0) is 9.59 Å². The Bertz CT molecular complexity index is 2010. The first kappa shape index (κ1) is 35.6. The molecule has 3 N–H and O–H groups in total. The summed E-state index contributed by atoms with van der Waals surface area (Å²) in [6.07, 6.45) is 4.82. The van der Waals surface area contributed by atoms with E-state index in [0.717, 1.165) is 93.8 Å². The molecule has 288 valence electrons. The molecule has 14 heteroatoms. The van der Waals surface area contributed by atoms with E-state index in [1.807, 2.05) is 30.3 Å². The lowest BCUT2D eigenvalue weighted by molar-refractivity contribution is -0.136. The van der Waals surface area contributed by atoms with Crippen LogP contribution in [0.2, 0.25) is 0 Å². The largest absolute Gasteiger partial charge is 0.507 e. The Morgan fingerprint density at radius 1 is 0.836 bits per heavy atom. The normalized spacial score (nSPS) is 24.6. The fourth-order valence-electron chi connectivity index (χ4n) is 9.84. The van der Waals surface area contributed by atoms with Gasteiger partial charge in [0.1, 0.15) is 11.8 Å². The molecule has 9 rings (SSSR count). The zero-order valence-electron chi connectivity index (χ0n) is 31.3. The van der Waals surface area contributed by atoms with Crippen LogP contribution in [0.5, 0.6) is 5.75 Å². The van der Waals surface area contributed by atoms with Crippen molar-refractivity contribution in [2.45, 2.75) is 63.6 Å². The van der Waals surface area contributed by atoms with Crippen molar-refractivity contribution in [3.8, 4) is 17.0 Å². The third kappa shape index (κ3) is 6.69. The van der Waals surface area contributed by atoms with Crippen molar-refractivity contribution in [3.05, 3.63) is 59.7 Å². The molecule has 7 heterocycles. The van der Waals surface area contributed by atoms with E-state index in [1.165, 1.54) is 12.8 Å². The third-order valence-electron chi connectivity index (χ3n) is 13.1. The first-order valence-electron chi connectivity index (χ1n) is 20.0. The summed E-state index contributed by atoms with van der Waals surface area (Å²) in [7, 11) is 0. The molecule has 6 aliphatic heterocycles. The van der Waals surface area contributed by atoms with Gasteiger partial charge in [0.15, 0.2) is 5.82 Å². The molecular formula is C41H49N9O5. The maximum atomic E-state index is 13.4. The van der Waals surface area contributed by atoms with Crippen LogP contribution in [0, 0.1) is 11.8 Å². The van der Waals surface area contributed by atoms with Crippen LogP contribution >= 0.6 is 0 Å². The molecular weight excluding hydrogens is 699 g/mol. The molecule has 3 aromatic rings. The second-order valence-corrected chi connectivity index (χ2v) is 16.2. The number of nitrogens with zero attached hydrogens (tertiary/aromatic N) is 7. The summed E-state index contributed by atoms with van der Waals surface area (Å²) in [5.41, 5.74) is 4.03. The summed E-state index contributed by atoms with van der Waals surface area (Å²) < 4.78 is 0. The van der Waals surface area contributed by atoms with Crippen LogP contribution in [0.15, 0.2) is 48.5 Å². The second-order valence-electron chi connectivity index (χ2n) is 16.2. The molecule has 0 spiro atoms. The highest BCUT2D eigenvalue weighted by atomic mass is 16.3. The van der Waals surface area contributed by atoms with Gasteiger partial charge in [0, 0.05) is 69.5 Å². The number of piperidine rings is 3. The number of phenols is 1. The maximum absolute atomic E-state index is 13.4. The second kappa shape index (κ2) is 14.5. The Hall–Kier alpha value is -5.08. The Morgan fingerprint density at radius 2 is 1.62 bits per heavy atom. The zero-order valence-corrected chi connectivity index (χ0v) is 31.3. The number of para-hydroxylation sites is 1. The van der Waals surface area contributed by atoms with E-state index in [4.69, 9.17) is 0 Å². The Morgan fingerprint density at radius 3 is 2.40 bits per heavy atom. The van der Waals surface area contributed by atoms with Gasteiger partial charge in [0.25, 0.3) is 11.8 Å². The van der Waals surface area contributed by atoms with Crippen LogP contribution < -0.4 is 20.4 Å². The number of phenolic OH excluding ortho intramolecular Hbond substituents is 1. The van der Waals surface area contributed by atoms with Gasteiger partial charge in [-0.15, -0.1) is 10.2 Å². The molecule has 2 aromatic carbocycles. The van der Waals surface area contributed by atoms with E-state index >= 15 is 0 Å². The average molecular weight is 748 g/mol. The van der Waals surface area contributed by atoms with Crippen LogP contribution in [-0.4, -0.2) is 131 Å².